The molecule has 6 heteroatoms. The first-order valence-electron chi connectivity index (χ1n) is 5.43. The Balaban J connectivity index is 2.42. The fraction of sp³-hybridized carbons (Fsp3) is 0. The van der Waals surface area contributed by atoms with E-state index in [0.29, 0.717) is 27.9 Å². The maximum absolute atomic E-state index is 5.80. The molecule has 0 aliphatic heterocycles. The van der Waals surface area contributed by atoms with Crippen molar-refractivity contribution < 1.29 is 21.4 Å². The van der Waals surface area contributed by atoms with Crippen LogP contribution in [0, 0.1) is 0 Å². The number of nitrogen functional groups attached to an aromatic ring is 1. The molecule has 2 aromatic heterocycles. The number of hydrogen-bond donors (Lipinski definition) is 2. The minimum atomic E-state index is 0.386. The second-order valence-corrected chi connectivity index (χ2v) is 4.46. The first kappa shape index (κ1) is 13.3. The van der Waals surface area contributed by atoms with Gasteiger partial charge in [-0.05, 0) is 0 Å². The molecule has 0 amide bonds. The molecule has 0 fully saturated rings. The van der Waals surface area contributed by atoms with Crippen LogP contribution >= 0.6 is 0 Å². The summed E-state index contributed by atoms with van der Waals surface area (Å²) in [6.07, 6.45) is 6.31. The molecule has 0 aliphatic carbocycles. The van der Waals surface area contributed by atoms with Gasteiger partial charge in [0.1, 0.15) is 0 Å². The van der Waals surface area contributed by atoms with Crippen molar-refractivity contribution in [2.24, 2.45) is 5.73 Å². The standard InChI is InChI=1S/C13H12N4O.V/c1-9-12(13(15)17-8-16-9)5-4-10-2-3-11(18-10)6-7-14;/h2-3,5-8H,1,14H2,(H2,15,16,17);/b7-6+,12-5?;. The Labute approximate surface area is 118 Å². The van der Waals surface area contributed by atoms with Gasteiger partial charge in [0.05, 0.1) is 0 Å². The normalized spacial score (nSPS) is 12.1. The zero-order chi connectivity index (χ0) is 13.8. The average Bonchev–Trinajstić information content (AvgIpc) is 2.83. The molecule has 4 N–H and O–H groups in total. The Morgan fingerprint density at radius 2 is 2.16 bits per heavy atom. The van der Waals surface area contributed by atoms with E-state index in [1.54, 1.807) is 6.08 Å². The van der Waals surface area contributed by atoms with Crippen LogP contribution in [0.1, 0.15) is 11.5 Å². The minimum absolute atomic E-state index is 0.386. The van der Waals surface area contributed by atoms with Gasteiger partial charge in [-0.3, -0.25) is 0 Å². The Hall–Kier alpha value is -2.11. The molecule has 5 nitrogen and oxygen atoms in total. The third kappa shape index (κ3) is 3.02. The third-order valence-electron chi connectivity index (χ3n) is 2.42. The van der Waals surface area contributed by atoms with Gasteiger partial charge in [0, 0.05) is 0 Å². The molecule has 0 unspecified atom stereocenters. The number of hydrogen-bond acceptors (Lipinski definition) is 5. The van der Waals surface area contributed by atoms with Crippen LogP contribution in [0.4, 0.5) is 5.82 Å². The van der Waals surface area contributed by atoms with Gasteiger partial charge in [-0.15, -0.1) is 0 Å². The van der Waals surface area contributed by atoms with Crippen molar-refractivity contribution in [1.82, 2.24) is 9.97 Å². The number of aromatic nitrogens is 2. The molecule has 0 aromatic carbocycles. The summed E-state index contributed by atoms with van der Waals surface area (Å²) < 4.78 is 6.43. The van der Waals surface area contributed by atoms with Gasteiger partial charge in [0.2, 0.25) is 0 Å². The van der Waals surface area contributed by atoms with E-state index >= 15 is 0 Å². The van der Waals surface area contributed by atoms with E-state index in [2.05, 4.69) is 33.5 Å². The first-order valence-corrected chi connectivity index (χ1v) is 6.13. The molecule has 0 radical (unpaired) electrons. The van der Waals surface area contributed by atoms with E-state index in [0.717, 1.165) is 4.23 Å². The van der Waals surface area contributed by atoms with Crippen LogP contribution in [0.15, 0.2) is 29.1 Å². The topological polar surface area (TPSA) is 91.0 Å². The molecule has 19 heavy (non-hydrogen) atoms. The van der Waals surface area contributed by atoms with Crippen molar-refractivity contribution in [3.05, 3.63) is 46.7 Å². The summed E-state index contributed by atoms with van der Waals surface area (Å²) in [5, 5.41) is 1.26. The van der Waals surface area contributed by atoms with Gasteiger partial charge in [-0.25, -0.2) is 0 Å². The fourth-order valence-corrected chi connectivity index (χ4v) is 1.88. The summed E-state index contributed by atoms with van der Waals surface area (Å²) in [6, 6.07) is 3.68. The van der Waals surface area contributed by atoms with Crippen molar-refractivity contribution in [3.63, 3.8) is 0 Å². The predicted molar refractivity (Wildman–Crippen MR) is 71.7 cm³/mol. The molecular weight excluding hydrogens is 279 g/mol. The van der Waals surface area contributed by atoms with Crippen molar-refractivity contribution in [3.8, 4) is 0 Å². The van der Waals surface area contributed by atoms with Crippen molar-refractivity contribution in [2.45, 2.75) is 0 Å². The molecule has 0 spiro atoms. The van der Waals surface area contributed by atoms with Crippen molar-refractivity contribution in [2.75, 3.05) is 5.73 Å². The quantitative estimate of drug-likeness (QED) is 0.798. The summed E-state index contributed by atoms with van der Waals surface area (Å²) in [4.78, 5) is 7.95. The molecule has 0 saturated carbocycles. The number of anilines is 1. The molecule has 0 aliphatic rings. The Kier molecular flexibility index (Phi) is 3.99. The summed E-state index contributed by atoms with van der Waals surface area (Å²) in [5.74, 6) is 1.77. The maximum atomic E-state index is 5.80. The molecule has 2 rings (SSSR count). The van der Waals surface area contributed by atoms with Crippen LogP contribution in [0.25, 0.3) is 18.7 Å². The summed E-state index contributed by atoms with van der Waals surface area (Å²) in [6.45, 7) is 3.82. The van der Waals surface area contributed by atoms with E-state index in [1.165, 1.54) is 12.5 Å². The van der Waals surface area contributed by atoms with Crippen molar-refractivity contribution >= 4 is 28.8 Å². The fourth-order valence-electron chi connectivity index (χ4n) is 1.49. The first-order chi connectivity index (χ1) is 9.11. The van der Waals surface area contributed by atoms with Gasteiger partial charge < -0.3 is 0 Å². The number of furan rings is 1. The molecule has 0 atom stereocenters. The van der Waals surface area contributed by atoms with Crippen LogP contribution in [0.2, 0.25) is 0 Å². The zero-order valence-corrected chi connectivity index (χ0v) is 11.5. The summed E-state index contributed by atoms with van der Waals surface area (Å²) >= 11 is 2.42. The Bertz CT molecular complexity index is 748. The van der Waals surface area contributed by atoms with Crippen LogP contribution in [-0.4, -0.2) is 14.2 Å². The number of nitrogens with zero attached hydrogens (tertiary/aromatic N) is 2. The van der Waals surface area contributed by atoms with E-state index in [1.807, 2.05) is 18.2 Å². The summed E-state index contributed by atoms with van der Waals surface area (Å²) in [7, 11) is 0. The monoisotopic (exact) mass is 291 g/mol. The zero-order valence-electron chi connectivity index (χ0n) is 10.1. The number of nitrogens with two attached hydrogens (primary N) is 2. The van der Waals surface area contributed by atoms with Gasteiger partial charge in [0.25, 0.3) is 0 Å². The van der Waals surface area contributed by atoms with Crippen LogP contribution in [-0.2, 0) is 17.0 Å². The third-order valence-corrected chi connectivity index (χ3v) is 2.96. The molecule has 95 valence electrons. The van der Waals surface area contributed by atoms with E-state index in [9.17, 15) is 0 Å². The number of rotatable bonds is 3. The van der Waals surface area contributed by atoms with Gasteiger partial charge >= 0.3 is 118 Å². The van der Waals surface area contributed by atoms with Gasteiger partial charge in [-0.2, -0.15) is 0 Å². The van der Waals surface area contributed by atoms with Crippen LogP contribution in [0.5, 0.6) is 0 Å². The van der Waals surface area contributed by atoms with Crippen molar-refractivity contribution in [1.29, 1.82) is 0 Å². The second-order valence-electron chi connectivity index (χ2n) is 3.71. The average molecular weight is 291 g/mol. The predicted octanol–water partition coefficient (Wildman–Crippen LogP) is -0.460. The second kappa shape index (κ2) is 5.69. The molecule has 0 bridgehead atoms. The SMILES string of the molecule is C=c1ncnc(N)c1=C[C](=[V])c1ccc(/C=C/N)o1. The molecule has 0 saturated heterocycles. The summed E-state index contributed by atoms with van der Waals surface area (Å²) in [5.41, 5.74) is 11.1. The van der Waals surface area contributed by atoms with Crippen LogP contribution < -0.4 is 22.0 Å². The van der Waals surface area contributed by atoms with E-state index in [4.69, 9.17) is 15.9 Å². The molecule has 2 heterocycles. The molecular formula is C13H12N4OV. The van der Waals surface area contributed by atoms with E-state index in [-0.39, 0.29) is 0 Å². The Morgan fingerprint density at radius 3 is 2.84 bits per heavy atom. The molecule has 2 aromatic rings. The van der Waals surface area contributed by atoms with Gasteiger partial charge in [-0.1, -0.05) is 0 Å². The van der Waals surface area contributed by atoms with Crippen LogP contribution in [0.3, 0.4) is 0 Å². The Morgan fingerprint density at radius 1 is 1.37 bits per heavy atom. The van der Waals surface area contributed by atoms with E-state index < -0.39 is 0 Å². The van der Waals surface area contributed by atoms with Gasteiger partial charge in [0.15, 0.2) is 0 Å².